The van der Waals surface area contributed by atoms with Crippen molar-refractivity contribution >= 4 is 37.8 Å². The van der Waals surface area contributed by atoms with Gasteiger partial charge in [-0.05, 0) is 60.4 Å². The first-order chi connectivity index (χ1) is 18.7. The number of halogens is 2. The maximum atomic E-state index is 14.0. The average molecular weight is 613 g/mol. The Kier molecular flexibility index (Phi) is 6.60. The van der Waals surface area contributed by atoms with E-state index in [0.717, 1.165) is 27.7 Å². The van der Waals surface area contributed by atoms with Crippen LogP contribution in [-0.4, -0.2) is 47.6 Å². The minimum atomic E-state index is -4.11. The van der Waals surface area contributed by atoms with E-state index in [1.54, 1.807) is 4.90 Å². The topological polar surface area (TPSA) is 86.8 Å². The van der Waals surface area contributed by atoms with E-state index in [-0.39, 0.29) is 29.8 Å². The summed E-state index contributed by atoms with van der Waals surface area (Å²) in [6.07, 6.45) is 0.954. The number of carbonyl (C=O) groups is 2. The number of likely N-dealkylation sites (tertiary alicyclic amines) is 1. The van der Waals surface area contributed by atoms with Gasteiger partial charge >= 0.3 is 0 Å². The number of rotatable bonds is 7. The van der Waals surface area contributed by atoms with Crippen molar-refractivity contribution in [2.75, 3.05) is 6.54 Å². The predicted octanol–water partition coefficient (Wildman–Crippen LogP) is 4.08. The molecule has 7 nitrogen and oxygen atoms in total. The minimum absolute atomic E-state index is 0.0428. The lowest BCUT2D eigenvalue weighted by molar-refractivity contribution is -0.138. The van der Waals surface area contributed by atoms with E-state index in [2.05, 4.69) is 21.2 Å². The number of nitrogens with one attached hydrogen (secondary N) is 1. The summed E-state index contributed by atoms with van der Waals surface area (Å²) in [4.78, 5) is 29.3. The summed E-state index contributed by atoms with van der Waals surface area (Å²) in [7, 11) is -4.11. The summed E-state index contributed by atoms with van der Waals surface area (Å²) >= 11 is 3.40. The van der Waals surface area contributed by atoms with Crippen molar-refractivity contribution in [1.82, 2.24) is 14.5 Å². The third-order valence-electron chi connectivity index (χ3n) is 8.28. The molecule has 0 unspecified atom stereocenters. The molecule has 0 aliphatic carbocycles. The van der Waals surface area contributed by atoms with Gasteiger partial charge in [0.1, 0.15) is 5.82 Å². The van der Waals surface area contributed by atoms with Gasteiger partial charge in [0, 0.05) is 30.1 Å². The number of sulfonamides is 1. The second-order valence-corrected chi connectivity index (χ2v) is 13.2. The highest BCUT2D eigenvalue weighted by Crippen LogP contribution is 2.59. The van der Waals surface area contributed by atoms with Crippen LogP contribution in [0.4, 0.5) is 4.39 Å². The Bertz CT molecular complexity index is 1520. The molecule has 0 aromatic heterocycles. The first kappa shape index (κ1) is 26.2. The Morgan fingerprint density at radius 3 is 2.38 bits per heavy atom. The summed E-state index contributed by atoms with van der Waals surface area (Å²) in [6.45, 7) is 0.806. The molecule has 1 spiro atoms. The van der Waals surface area contributed by atoms with Crippen molar-refractivity contribution in [3.05, 3.63) is 100 Å². The van der Waals surface area contributed by atoms with Crippen molar-refractivity contribution in [2.45, 2.75) is 42.4 Å². The number of hydrogen-bond donors (Lipinski definition) is 1. The van der Waals surface area contributed by atoms with Crippen LogP contribution in [0.25, 0.3) is 0 Å². The van der Waals surface area contributed by atoms with Gasteiger partial charge < -0.3 is 10.2 Å². The van der Waals surface area contributed by atoms with E-state index in [9.17, 15) is 22.4 Å². The first-order valence-electron chi connectivity index (χ1n) is 12.9. The van der Waals surface area contributed by atoms with Gasteiger partial charge in [-0.1, -0.05) is 58.4 Å². The quantitative estimate of drug-likeness (QED) is 0.436. The van der Waals surface area contributed by atoms with Crippen molar-refractivity contribution in [3.63, 3.8) is 0 Å². The molecule has 10 heteroatoms. The number of amides is 2. The Labute approximate surface area is 235 Å². The molecule has 202 valence electrons. The van der Waals surface area contributed by atoms with E-state index < -0.39 is 39.3 Å². The van der Waals surface area contributed by atoms with Crippen molar-refractivity contribution < 1.29 is 22.4 Å². The molecule has 1 N–H and O–H groups in total. The zero-order valence-corrected chi connectivity index (χ0v) is 23.4. The molecular formula is C29H27BrFN3O4S. The van der Waals surface area contributed by atoms with E-state index in [1.807, 2.05) is 54.6 Å². The maximum Gasteiger partial charge on any atom is 0.243 e. The van der Waals surface area contributed by atoms with Crippen LogP contribution in [0.2, 0.25) is 0 Å². The summed E-state index contributed by atoms with van der Waals surface area (Å²) in [6, 6.07) is 21.1. The van der Waals surface area contributed by atoms with E-state index >= 15 is 0 Å². The predicted molar refractivity (Wildman–Crippen MR) is 146 cm³/mol. The summed E-state index contributed by atoms with van der Waals surface area (Å²) in [5, 5.41) is 2.96. The fourth-order valence-corrected chi connectivity index (χ4v) is 8.98. The van der Waals surface area contributed by atoms with Gasteiger partial charge in [0.15, 0.2) is 0 Å². The average Bonchev–Trinajstić information content (AvgIpc) is 3.54. The highest BCUT2D eigenvalue weighted by molar-refractivity contribution is 9.10. The molecule has 3 saturated heterocycles. The molecule has 0 radical (unpaired) electrons. The van der Waals surface area contributed by atoms with Gasteiger partial charge in [-0.15, -0.1) is 0 Å². The van der Waals surface area contributed by atoms with Crippen molar-refractivity contribution in [1.29, 1.82) is 0 Å². The zero-order valence-electron chi connectivity index (χ0n) is 21.0. The Hall–Kier alpha value is -3.08. The monoisotopic (exact) mass is 611 g/mol. The van der Waals surface area contributed by atoms with E-state index in [1.165, 1.54) is 16.4 Å². The van der Waals surface area contributed by atoms with Gasteiger partial charge in [-0.2, -0.15) is 4.31 Å². The normalized spacial score (nSPS) is 26.2. The fraction of sp³-hybridized carbons (Fsp3) is 0.310. The SMILES string of the molecule is O=C(NCc1ccc(Br)cc1)[C@@H]1[C@@H]2CC[C@@]3(CN(Cc4ccccc4)C(=O)[C@@H]13)N2S(=O)(=O)c1ccc(F)cc1. The van der Waals surface area contributed by atoms with Crippen LogP contribution in [0.5, 0.6) is 0 Å². The molecule has 3 fully saturated rings. The molecule has 3 aromatic carbocycles. The fourth-order valence-electron chi connectivity index (χ4n) is 6.68. The van der Waals surface area contributed by atoms with Crippen LogP contribution in [0.15, 0.2) is 88.2 Å². The molecule has 4 atom stereocenters. The van der Waals surface area contributed by atoms with Crippen LogP contribution in [0.3, 0.4) is 0 Å². The molecule has 3 aliphatic rings. The van der Waals surface area contributed by atoms with Gasteiger partial charge in [0.05, 0.1) is 22.3 Å². The van der Waals surface area contributed by atoms with Gasteiger partial charge in [-0.3, -0.25) is 9.59 Å². The van der Waals surface area contributed by atoms with Crippen LogP contribution in [-0.2, 0) is 32.7 Å². The standard InChI is InChI=1S/C29H27BrFN3O4S/c30-21-8-6-19(7-9-21)16-32-27(35)25-24-14-15-29(34(24)39(37,38)23-12-10-22(31)11-13-23)18-33(28(36)26(25)29)17-20-4-2-1-3-5-20/h1-13,24-26H,14-18H2,(H,32,35)/t24-,25+,26+,29-/m0/s1. The van der Waals surface area contributed by atoms with E-state index in [4.69, 9.17) is 0 Å². The second-order valence-electron chi connectivity index (χ2n) is 10.5. The second kappa shape index (κ2) is 9.83. The van der Waals surface area contributed by atoms with Gasteiger partial charge in [-0.25, -0.2) is 12.8 Å². The number of nitrogens with zero attached hydrogens (tertiary/aromatic N) is 2. The first-order valence-corrected chi connectivity index (χ1v) is 15.1. The van der Waals surface area contributed by atoms with Gasteiger partial charge in [0.25, 0.3) is 0 Å². The lowest BCUT2D eigenvalue weighted by Crippen LogP contribution is -2.49. The highest BCUT2D eigenvalue weighted by Gasteiger charge is 2.74. The van der Waals surface area contributed by atoms with Gasteiger partial charge in [0.2, 0.25) is 21.8 Å². The third kappa shape index (κ3) is 4.38. The molecular weight excluding hydrogens is 585 g/mol. The maximum absolute atomic E-state index is 14.0. The number of fused-ring (bicyclic) bond motifs is 1. The summed E-state index contributed by atoms with van der Waals surface area (Å²) in [5.41, 5.74) is 0.785. The van der Waals surface area contributed by atoms with Crippen molar-refractivity contribution in [3.8, 4) is 0 Å². The van der Waals surface area contributed by atoms with Crippen molar-refractivity contribution in [2.24, 2.45) is 11.8 Å². The zero-order chi connectivity index (χ0) is 27.4. The third-order valence-corrected chi connectivity index (χ3v) is 10.8. The van der Waals surface area contributed by atoms with E-state index in [0.29, 0.717) is 19.4 Å². The number of hydrogen-bond acceptors (Lipinski definition) is 4. The highest BCUT2D eigenvalue weighted by atomic mass is 79.9. The molecule has 2 bridgehead atoms. The minimum Gasteiger partial charge on any atom is -0.352 e. The summed E-state index contributed by atoms with van der Waals surface area (Å²) in [5.74, 6) is -2.68. The van der Waals surface area contributed by atoms with Crippen LogP contribution in [0, 0.1) is 17.7 Å². The lowest BCUT2D eigenvalue weighted by atomic mass is 9.72. The van der Waals surface area contributed by atoms with Crippen LogP contribution < -0.4 is 5.32 Å². The molecule has 6 rings (SSSR count). The Balaban J connectivity index is 1.36. The van der Waals surface area contributed by atoms with Crippen LogP contribution >= 0.6 is 15.9 Å². The molecule has 3 heterocycles. The Morgan fingerprint density at radius 1 is 1.00 bits per heavy atom. The molecule has 39 heavy (non-hydrogen) atoms. The summed E-state index contributed by atoms with van der Waals surface area (Å²) < 4.78 is 44.0. The number of carbonyl (C=O) groups excluding carboxylic acids is 2. The number of benzene rings is 3. The molecule has 2 amide bonds. The molecule has 3 aliphatic heterocycles. The molecule has 3 aromatic rings. The van der Waals surface area contributed by atoms with Crippen LogP contribution in [0.1, 0.15) is 24.0 Å². The largest absolute Gasteiger partial charge is 0.352 e. The Morgan fingerprint density at radius 2 is 1.69 bits per heavy atom. The lowest BCUT2D eigenvalue weighted by Gasteiger charge is -2.33. The molecule has 0 saturated carbocycles. The smallest absolute Gasteiger partial charge is 0.243 e.